The van der Waals surface area contributed by atoms with Gasteiger partial charge in [-0.25, -0.2) is 0 Å². The third-order valence-corrected chi connectivity index (χ3v) is 3.44. The van der Waals surface area contributed by atoms with Crippen molar-refractivity contribution in [3.05, 3.63) is 33.5 Å². The third kappa shape index (κ3) is 2.74. The molecule has 0 spiro atoms. The number of rotatable bonds is 3. The number of hydrogen-bond donors (Lipinski definition) is 1. The first-order valence-corrected chi connectivity index (χ1v) is 6.70. The van der Waals surface area contributed by atoms with Crippen LogP contribution in [0.15, 0.2) is 27.2 Å². The van der Waals surface area contributed by atoms with Gasteiger partial charge < -0.3 is 10.3 Å². The van der Waals surface area contributed by atoms with Crippen LogP contribution in [0.2, 0.25) is 5.02 Å². The van der Waals surface area contributed by atoms with Gasteiger partial charge in [0.2, 0.25) is 0 Å². The fourth-order valence-electron chi connectivity index (χ4n) is 1.44. The highest BCUT2D eigenvalue weighted by Crippen LogP contribution is 2.30. The van der Waals surface area contributed by atoms with Crippen LogP contribution in [0.5, 0.6) is 0 Å². The quantitative estimate of drug-likeness (QED) is 0.929. The lowest BCUT2D eigenvalue weighted by atomic mass is 10.1. The Labute approximate surface area is 119 Å². The van der Waals surface area contributed by atoms with Gasteiger partial charge in [-0.2, -0.15) is 4.98 Å². The number of hydrogen-bond acceptors (Lipinski definition) is 4. The van der Waals surface area contributed by atoms with Gasteiger partial charge in [0.25, 0.3) is 5.89 Å². The molecule has 6 heteroatoms. The normalized spacial score (nSPS) is 13.0. The predicted octanol–water partition coefficient (Wildman–Crippen LogP) is 3.81. The molecule has 2 N–H and O–H groups in total. The van der Waals surface area contributed by atoms with Gasteiger partial charge >= 0.3 is 0 Å². The lowest BCUT2D eigenvalue weighted by Gasteiger charge is -2.09. The predicted molar refractivity (Wildman–Crippen MR) is 74.2 cm³/mol. The van der Waals surface area contributed by atoms with E-state index in [9.17, 15) is 0 Å². The summed E-state index contributed by atoms with van der Waals surface area (Å²) < 4.78 is 6.11. The number of nitrogens with zero attached hydrogens (tertiary/aromatic N) is 2. The molecule has 2 aromatic rings. The highest BCUT2D eigenvalue weighted by atomic mass is 79.9. The molecule has 0 saturated carbocycles. The second kappa shape index (κ2) is 5.38. The van der Waals surface area contributed by atoms with Crippen LogP contribution >= 0.6 is 27.5 Å². The van der Waals surface area contributed by atoms with Crippen molar-refractivity contribution in [2.24, 2.45) is 11.7 Å². The second-order valence-electron chi connectivity index (χ2n) is 4.35. The fourth-order valence-corrected chi connectivity index (χ4v) is 2.00. The summed E-state index contributed by atoms with van der Waals surface area (Å²) in [5, 5.41) is 4.46. The van der Waals surface area contributed by atoms with Crippen LogP contribution in [-0.2, 0) is 0 Å². The molecule has 96 valence electrons. The summed E-state index contributed by atoms with van der Waals surface area (Å²) in [6, 6.07) is 5.21. The molecule has 0 bridgehead atoms. The highest BCUT2D eigenvalue weighted by Gasteiger charge is 2.19. The van der Waals surface area contributed by atoms with Crippen molar-refractivity contribution in [1.29, 1.82) is 0 Å². The Hall–Kier alpha value is -0.910. The second-order valence-corrected chi connectivity index (χ2v) is 5.67. The zero-order valence-corrected chi connectivity index (χ0v) is 12.4. The Bertz CT molecular complexity index is 556. The number of halogens is 2. The van der Waals surface area contributed by atoms with Crippen molar-refractivity contribution in [2.75, 3.05) is 0 Å². The Morgan fingerprint density at radius 2 is 2.11 bits per heavy atom. The summed E-state index contributed by atoms with van der Waals surface area (Å²) in [7, 11) is 0. The first-order valence-electron chi connectivity index (χ1n) is 5.53. The average Bonchev–Trinajstić information content (AvgIpc) is 2.80. The topological polar surface area (TPSA) is 64.9 Å². The molecule has 0 aliphatic carbocycles. The van der Waals surface area contributed by atoms with Gasteiger partial charge in [-0.1, -0.05) is 46.5 Å². The zero-order valence-electron chi connectivity index (χ0n) is 10.0. The van der Waals surface area contributed by atoms with Gasteiger partial charge in [0, 0.05) is 4.47 Å². The minimum Gasteiger partial charge on any atom is -0.334 e. The fraction of sp³-hybridized carbons (Fsp3) is 0.333. The molecule has 1 aromatic carbocycles. The summed E-state index contributed by atoms with van der Waals surface area (Å²) in [5.41, 5.74) is 6.67. The Balaban J connectivity index is 2.38. The molecule has 0 aliphatic rings. The van der Waals surface area contributed by atoms with E-state index >= 15 is 0 Å². The molecule has 2 rings (SSSR count). The van der Waals surface area contributed by atoms with Gasteiger partial charge in [-0.05, 0) is 24.1 Å². The molecule has 1 atom stereocenters. The monoisotopic (exact) mass is 329 g/mol. The Morgan fingerprint density at radius 3 is 2.78 bits per heavy atom. The third-order valence-electron chi connectivity index (χ3n) is 2.62. The van der Waals surface area contributed by atoms with Gasteiger partial charge in [0.15, 0.2) is 5.82 Å². The summed E-state index contributed by atoms with van der Waals surface area (Å²) >= 11 is 9.48. The van der Waals surface area contributed by atoms with Crippen LogP contribution in [-0.4, -0.2) is 10.1 Å². The summed E-state index contributed by atoms with van der Waals surface area (Å²) in [6.45, 7) is 4.01. The van der Waals surface area contributed by atoms with Gasteiger partial charge in [-0.3, -0.25) is 0 Å². The molecule has 18 heavy (non-hydrogen) atoms. The lowest BCUT2D eigenvalue weighted by Crippen LogP contribution is -2.18. The van der Waals surface area contributed by atoms with Crippen molar-refractivity contribution >= 4 is 27.5 Å². The van der Waals surface area contributed by atoms with Crippen LogP contribution in [0.3, 0.4) is 0 Å². The molecule has 0 fully saturated rings. The minimum atomic E-state index is -0.242. The van der Waals surface area contributed by atoms with Crippen LogP contribution in [0.4, 0.5) is 0 Å². The van der Waals surface area contributed by atoms with E-state index in [0.29, 0.717) is 22.3 Å². The molecular formula is C12H13BrClN3O. The minimum absolute atomic E-state index is 0.242. The van der Waals surface area contributed by atoms with Crippen molar-refractivity contribution in [1.82, 2.24) is 10.1 Å². The zero-order chi connectivity index (χ0) is 13.3. The largest absolute Gasteiger partial charge is 0.334 e. The summed E-state index contributed by atoms with van der Waals surface area (Å²) in [5.74, 6) is 1.12. The number of nitrogens with two attached hydrogens (primary N) is 1. The molecule has 0 aliphatic heterocycles. The van der Waals surface area contributed by atoms with E-state index in [4.69, 9.17) is 21.9 Å². The lowest BCUT2D eigenvalue weighted by molar-refractivity contribution is 0.400. The van der Waals surface area contributed by atoms with Crippen LogP contribution < -0.4 is 5.73 Å². The maximum absolute atomic E-state index is 6.10. The molecule has 4 nitrogen and oxygen atoms in total. The molecule has 1 aromatic heterocycles. The van der Waals surface area contributed by atoms with E-state index in [1.165, 1.54) is 0 Å². The van der Waals surface area contributed by atoms with E-state index in [1.54, 1.807) is 6.07 Å². The first-order chi connectivity index (χ1) is 8.49. The van der Waals surface area contributed by atoms with E-state index in [-0.39, 0.29) is 12.0 Å². The van der Waals surface area contributed by atoms with Gasteiger partial charge in [-0.15, -0.1) is 0 Å². The van der Waals surface area contributed by atoms with Crippen molar-refractivity contribution in [3.8, 4) is 11.5 Å². The molecule has 1 unspecified atom stereocenters. The van der Waals surface area contributed by atoms with Crippen molar-refractivity contribution in [2.45, 2.75) is 19.9 Å². The maximum atomic E-state index is 6.10. The number of benzene rings is 1. The number of aromatic nitrogens is 2. The maximum Gasteiger partial charge on any atom is 0.259 e. The standard InChI is InChI=1S/C12H13BrClN3O/c1-6(2)10(15)11-16-12(18-17-11)8-5-7(13)3-4-9(8)14/h3-6,10H,15H2,1-2H3. The molecular weight excluding hydrogens is 318 g/mol. The smallest absolute Gasteiger partial charge is 0.259 e. The molecule has 0 saturated heterocycles. The summed E-state index contributed by atoms with van der Waals surface area (Å²) in [6.07, 6.45) is 0. The van der Waals surface area contributed by atoms with Gasteiger partial charge in [0.1, 0.15) is 0 Å². The average molecular weight is 331 g/mol. The van der Waals surface area contributed by atoms with Crippen molar-refractivity contribution < 1.29 is 4.52 Å². The Morgan fingerprint density at radius 1 is 1.39 bits per heavy atom. The Kier molecular flexibility index (Phi) is 4.04. The van der Waals surface area contributed by atoms with Gasteiger partial charge in [0.05, 0.1) is 16.6 Å². The van der Waals surface area contributed by atoms with E-state index in [0.717, 1.165) is 4.47 Å². The van der Waals surface area contributed by atoms with Crippen LogP contribution in [0.25, 0.3) is 11.5 Å². The molecule has 0 amide bonds. The summed E-state index contributed by atoms with van der Waals surface area (Å²) in [4.78, 5) is 4.30. The van der Waals surface area contributed by atoms with Crippen molar-refractivity contribution in [3.63, 3.8) is 0 Å². The molecule has 0 radical (unpaired) electrons. The molecule has 1 heterocycles. The van der Waals surface area contributed by atoms with Crippen LogP contribution in [0.1, 0.15) is 25.7 Å². The highest BCUT2D eigenvalue weighted by molar-refractivity contribution is 9.10. The van der Waals surface area contributed by atoms with E-state index in [2.05, 4.69) is 26.1 Å². The van der Waals surface area contributed by atoms with E-state index in [1.807, 2.05) is 26.0 Å². The first kappa shape index (κ1) is 13.5. The van der Waals surface area contributed by atoms with Crippen LogP contribution in [0, 0.1) is 5.92 Å². The van der Waals surface area contributed by atoms with E-state index < -0.39 is 0 Å². The SMILES string of the molecule is CC(C)C(N)c1noc(-c2cc(Br)ccc2Cl)n1.